The van der Waals surface area contributed by atoms with Gasteiger partial charge in [-0.2, -0.15) is 0 Å². The molecule has 0 aliphatic carbocycles. The Morgan fingerprint density at radius 1 is 1.13 bits per heavy atom. The molecule has 160 valence electrons. The molecule has 0 bridgehead atoms. The van der Waals surface area contributed by atoms with E-state index in [9.17, 15) is 9.59 Å². The van der Waals surface area contributed by atoms with Crippen LogP contribution in [0, 0.1) is 6.92 Å². The number of rotatable bonds is 9. The van der Waals surface area contributed by atoms with Crippen molar-refractivity contribution in [1.29, 1.82) is 0 Å². The van der Waals surface area contributed by atoms with Crippen LogP contribution >= 0.6 is 0 Å². The highest BCUT2D eigenvalue weighted by atomic mass is 16.5. The highest BCUT2D eigenvalue weighted by molar-refractivity contribution is 6.06. The summed E-state index contributed by atoms with van der Waals surface area (Å²) >= 11 is 0. The molecule has 6 heteroatoms. The van der Waals surface area contributed by atoms with E-state index in [1.807, 2.05) is 43.3 Å². The monoisotopic (exact) mass is 410 g/mol. The molecule has 0 radical (unpaired) electrons. The van der Waals surface area contributed by atoms with E-state index in [0.717, 1.165) is 41.6 Å². The first-order valence-corrected chi connectivity index (χ1v) is 10.4. The predicted molar refractivity (Wildman–Crippen MR) is 117 cm³/mol. The Bertz CT molecular complexity index is 925. The van der Waals surface area contributed by atoms with Gasteiger partial charge in [0.05, 0.1) is 20.3 Å². The Kier molecular flexibility index (Phi) is 6.98. The number of methoxy groups -OCH3 is 1. The van der Waals surface area contributed by atoms with Crippen LogP contribution in [0.3, 0.4) is 0 Å². The summed E-state index contributed by atoms with van der Waals surface area (Å²) in [6.45, 7) is 6.60. The number of carbonyl (C=O) groups is 2. The first-order chi connectivity index (χ1) is 14.4. The normalized spacial score (nSPS) is 15.1. The Morgan fingerprint density at radius 2 is 1.93 bits per heavy atom. The molecule has 0 unspecified atom stereocenters. The van der Waals surface area contributed by atoms with Gasteiger partial charge in [0.1, 0.15) is 6.04 Å². The summed E-state index contributed by atoms with van der Waals surface area (Å²) in [5.74, 6) is 0.994. The van der Waals surface area contributed by atoms with Gasteiger partial charge in [-0.15, -0.1) is 0 Å². The fraction of sp³-hybridized carbons (Fsp3) is 0.417. The van der Waals surface area contributed by atoms with Crippen LogP contribution in [0.4, 0.5) is 5.69 Å². The zero-order valence-electron chi connectivity index (χ0n) is 18.2. The molecule has 1 heterocycles. The van der Waals surface area contributed by atoms with Crippen LogP contribution in [0.15, 0.2) is 36.4 Å². The van der Waals surface area contributed by atoms with E-state index >= 15 is 0 Å². The van der Waals surface area contributed by atoms with Crippen LogP contribution in [0.2, 0.25) is 0 Å². The van der Waals surface area contributed by atoms with Crippen LogP contribution in [-0.2, 0) is 16.1 Å². The van der Waals surface area contributed by atoms with Crippen LogP contribution in [-0.4, -0.2) is 25.5 Å². The number of hydrogen-bond acceptors (Lipinski definition) is 4. The molecule has 1 aliphatic rings. The second-order valence-corrected chi connectivity index (χ2v) is 7.66. The third-order valence-electron chi connectivity index (χ3n) is 5.22. The molecule has 2 aromatic carbocycles. The number of ether oxygens (including phenoxy) is 2. The number of carbonyl (C=O) groups excluding carboxylic acids is 2. The number of nitrogens with zero attached hydrogens (tertiary/aromatic N) is 1. The molecule has 2 aromatic rings. The summed E-state index contributed by atoms with van der Waals surface area (Å²) in [4.78, 5) is 26.4. The first kappa shape index (κ1) is 21.7. The summed E-state index contributed by atoms with van der Waals surface area (Å²) in [5.41, 5.74) is 3.63. The number of unbranched alkanes of at least 4 members (excludes halogenated alkanes) is 2. The van der Waals surface area contributed by atoms with Crippen molar-refractivity contribution < 1.29 is 19.1 Å². The highest BCUT2D eigenvalue weighted by Crippen LogP contribution is 2.38. The van der Waals surface area contributed by atoms with Crippen LogP contribution in [0.25, 0.3) is 0 Å². The van der Waals surface area contributed by atoms with Gasteiger partial charge in [0.2, 0.25) is 5.91 Å². The van der Waals surface area contributed by atoms with Crippen molar-refractivity contribution in [2.24, 2.45) is 0 Å². The van der Waals surface area contributed by atoms with E-state index in [1.165, 1.54) is 6.92 Å². The zero-order valence-corrected chi connectivity index (χ0v) is 18.2. The maximum atomic E-state index is 13.1. The third-order valence-corrected chi connectivity index (χ3v) is 5.22. The van der Waals surface area contributed by atoms with Crippen molar-refractivity contribution in [3.05, 3.63) is 53.1 Å². The quantitative estimate of drug-likeness (QED) is 0.626. The number of amides is 2. The van der Waals surface area contributed by atoms with Crippen molar-refractivity contribution in [3.63, 3.8) is 0 Å². The highest BCUT2D eigenvalue weighted by Gasteiger charge is 2.37. The van der Waals surface area contributed by atoms with Gasteiger partial charge >= 0.3 is 0 Å². The lowest BCUT2D eigenvalue weighted by molar-refractivity contribution is -0.126. The van der Waals surface area contributed by atoms with Crippen LogP contribution in [0.1, 0.15) is 55.8 Å². The van der Waals surface area contributed by atoms with Crippen LogP contribution in [0.5, 0.6) is 11.5 Å². The van der Waals surface area contributed by atoms with Crippen molar-refractivity contribution >= 4 is 17.5 Å². The number of benzene rings is 2. The van der Waals surface area contributed by atoms with Gasteiger partial charge in [-0.1, -0.05) is 43.5 Å². The van der Waals surface area contributed by atoms with E-state index in [2.05, 4.69) is 12.2 Å². The maximum Gasteiger partial charge on any atom is 0.254 e. The summed E-state index contributed by atoms with van der Waals surface area (Å²) < 4.78 is 11.4. The van der Waals surface area contributed by atoms with E-state index in [1.54, 1.807) is 12.0 Å². The number of nitrogens with one attached hydrogen (secondary N) is 1. The number of fused-ring (bicyclic) bond motifs is 1. The second kappa shape index (κ2) is 9.65. The predicted octanol–water partition coefficient (Wildman–Crippen LogP) is 4.30. The topological polar surface area (TPSA) is 67.9 Å². The van der Waals surface area contributed by atoms with Gasteiger partial charge in [0.25, 0.3) is 5.91 Å². The molecular weight excluding hydrogens is 380 g/mol. The third kappa shape index (κ3) is 4.75. The molecule has 3 rings (SSSR count). The molecule has 0 saturated carbocycles. The summed E-state index contributed by atoms with van der Waals surface area (Å²) in [5, 5.41) is 2.78. The number of anilines is 1. The van der Waals surface area contributed by atoms with E-state index in [-0.39, 0.29) is 11.8 Å². The van der Waals surface area contributed by atoms with Crippen LogP contribution < -0.4 is 19.7 Å². The molecule has 6 nitrogen and oxygen atoms in total. The Labute approximate surface area is 178 Å². The van der Waals surface area contributed by atoms with E-state index < -0.39 is 6.04 Å². The molecule has 2 amide bonds. The average Bonchev–Trinajstić information content (AvgIpc) is 2.96. The molecule has 30 heavy (non-hydrogen) atoms. The lowest BCUT2D eigenvalue weighted by atomic mass is 10.1. The fourth-order valence-electron chi connectivity index (χ4n) is 3.71. The lowest BCUT2D eigenvalue weighted by Crippen LogP contribution is -2.36. The average molecular weight is 411 g/mol. The Morgan fingerprint density at radius 3 is 2.63 bits per heavy atom. The van der Waals surface area contributed by atoms with Gasteiger partial charge in [-0.25, -0.2) is 0 Å². The molecule has 1 atom stereocenters. The van der Waals surface area contributed by atoms with Crippen molar-refractivity contribution in [2.75, 3.05) is 18.6 Å². The maximum absolute atomic E-state index is 13.1. The molecular formula is C24H30N2O4. The van der Waals surface area contributed by atoms with Gasteiger partial charge in [0.15, 0.2) is 11.5 Å². The first-order valence-electron chi connectivity index (χ1n) is 10.4. The molecule has 1 aliphatic heterocycles. The van der Waals surface area contributed by atoms with Gasteiger partial charge in [-0.05, 0) is 37.1 Å². The fourth-order valence-corrected chi connectivity index (χ4v) is 3.71. The Balaban J connectivity index is 1.81. The second-order valence-electron chi connectivity index (χ2n) is 7.66. The minimum atomic E-state index is -0.652. The lowest BCUT2D eigenvalue weighted by Gasteiger charge is -2.19. The molecule has 0 spiro atoms. The summed E-state index contributed by atoms with van der Waals surface area (Å²) in [6.07, 6.45) is 3.28. The molecule has 0 aromatic heterocycles. The van der Waals surface area contributed by atoms with Gasteiger partial charge in [0, 0.05) is 18.2 Å². The van der Waals surface area contributed by atoms with Crippen molar-refractivity contribution in [3.8, 4) is 11.5 Å². The zero-order chi connectivity index (χ0) is 21.7. The van der Waals surface area contributed by atoms with Gasteiger partial charge < -0.3 is 19.7 Å². The minimum Gasteiger partial charge on any atom is -0.493 e. The smallest absolute Gasteiger partial charge is 0.254 e. The Hall–Kier alpha value is -3.02. The molecule has 0 fully saturated rings. The SMILES string of the molecule is CCCCCOc1ccc(CN2C(=O)[C@H](NC(C)=O)c3cc(C)ccc32)cc1OC. The van der Waals surface area contributed by atoms with Gasteiger partial charge in [-0.3, -0.25) is 9.59 Å². The van der Waals surface area contributed by atoms with E-state index in [4.69, 9.17) is 9.47 Å². The summed E-state index contributed by atoms with van der Waals surface area (Å²) in [6, 6.07) is 11.0. The minimum absolute atomic E-state index is 0.135. The standard InChI is InChI=1S/C24H30N2O4/c1-5-6-7-12-30-21-11-9-18(14-22(21)29-4)15-26-20-10-8-16(2)13-19(20)23(24(26)28)25-17(3)27/h8-11,13-14,23H,5-7,12,15H2,1-4H3,(H,25,27)/t23-/m1/s1. The van der Waals surface area contributed by atoms with Crippen molar-refractivity contribution in [1.82, 2.24) is 5.32 Å². The number of hydrogen-bond donors (Lipinski definition) is 1. The largest absolute Gasteiger partial charge is 0.493 e. The molecule has 0 saturated heterocycles. The van der Waals surface area contributed by atoms with Crippen molar-refractivity contribution in [2.45, 2.75) is 52.6 Å². The molecule has 1 N–H and O–H groups in total. The summed E-state index contributed by atoms with van der Waals surface area (Å²) in [7, 11) is 1.61. The van der Waals surface area contributed by atoms with E-state index in [0.29, 0.717) is 24.7 Å². The number of aryl methyl sites for hydroxylation is 1.